The highest BCUT2D eigenvalue weighted by Gasteiger charge is 2.27. The first kappa shape index (κ1) is 20.3. The summed E-state index contributed by atoms with van der Waals surface area (Å²) in [6, 6.07) is 13.8. The van der Waals surface area contributed by atoms with Gasteiger partial charge < -0.3 is 20.3 Å². The average Bonchev–Trinajstić information content (AvgIpc) is 2.63. The normalized spacial score (nSPS) is 21.8. The summed E-state index contributed by atoms with van der Waals surface area (Å²) in [6.07, 6.45) is 0.257. The quantitative estimate of drug-likeness (QED) is 0.718. The third-order valence-electron chi connectivity index (χ3n) is 4.58. The number of benzene rings is 2. The Hall–Kier alpha value is -2.41. The van der Waals surface area contributed by atoms with Gasteiger partial charge in [-0.15, -0.1) is 0 Å². The van der Waals surface area contributed by atoms with Crippen LogP contribution in [0.15, 0.2) is 48.5 Å². The number of nitrogens with one attached hydrogen (secondary N) is 3. The first-order chi connectivity index (χ1) is 13.4. The molecule has 1 saturated heterocycles. The highest BCUT2D eigenvalue weighted by Crippen LogP contribution is 2.18. The van der Waals surface area contributed by atoms with Gasteiger partial charge in [0.15, 0.2) is 6.54 Å². The molecule has 3 rings (SSSR count). The number of hydrogen-bond acceptors (Lipinski definition) is 3. The van der Waals surface area contributed by atoms with E-state index in [1.54, 1.807) is 48.5 Å². The first-order valence-corrected chi connectivity index (χ1v) is 9.73. The van der Waals surface area contributed by atoms with Crippen LogP contribution in [0.3, 0.4) is 0 Å². The zero-order chi connectivity index (χ0) is 20.1. The Morgan fingerprint density at radius 1 is 1.04 bits per heavy atom. The monoisotopic (exact) mass is 402 g/mol. The van der Waals surface area contributed by atoms with Crippen molar-refractivity contribution in [2.24, 2.45) is 0 Å². The van der Waals surface area contributed by atoms with E-state index < -0.39 is 0 Å². The molecule has 0 spiro atoms. The van der Waals surface area contributed by atoms with Gasteiger partial charge in [-0.1, -0.05) is 23.7 Å². The molecule has 2 aromatic carbocycles. The Kier molecular flexibility index (Phi) is 6.67. The maximum atomic E-state index is 12.7. The zero-order valence-corrected chi connectivity index (χ0v) is 16.8. The van der Waals surface area contributed by atoms with Crippen LogP contribution >= 0.6 is 11.6 Å². The van der Waals surface area contributed by atoms with Crippen LogP contribution in [0.1, 0.15) is 24.2 Å². The molecule has 0 saturated carbocycles. The summed E-state index contributed by atoms with van der Waals surface area (Å²) in [4.78, 5) is 26.4. The van der Waals surface area contributed by atoms with Gasteiger partial charge in [0.25, 0.3) is 11.8 Å². The van der Waals surface area contributed by atoms with Gasteiger partial charge in [0.2, 0.25) is 0 Å². The number of hydrogen-bond donors (Lipinski definition) is 3. The van der Waals surface area contributed by atoms with Crippen LogP contribution < -0.4 is 15.5 Å². The standard InChI is InChI=1S/C21H24ClN3O3/c1-14-11-25(12-15(2)28-14)13-20(26)24-19-6-4-3-5-18(19)21(27)23-17-9-7-16(22)8-10-17/h3-10,14-15H,11-13H2,1-2H3,(H,23,27)(H,24,26)/p+1/t14-,15-/m0/s1. The molecule has 7 heteroatoms. The number of morpholine rings is 1. The Balaban J connectivity index is 1.65. The maximum absolute atomic E-state index is 12.7. The minimum atomic E-state index is -0.292. The van der Waals surface area contributed by atoms with Gasteiger partial charge in [-0.2, -0.15) is 0 Å². The largest absolute Gasteiger partial charge is 0.364 e. The van der Waals surface area contributed by atoms with Crippen LogP contribution in [0.2, 0.25) is 5.02 Å². The molecule has 0 aliphatic carbocycles. The fourth-order valence-corrected chi connectivity index (χ4v) is 3.60. The van der Waals surface area contributed by atoms with E-state index in [1.807, 2.05) is 13.8 Å². The van der Waals surface area contributed by atoms with Crippen molar-refractivity contribution in [2.75, 3.05) is 30.3 Å². The van der Waals surface area contributed by atoms with Crippen molar-refractivity contribution in [1.82, 2.24) is 0 Å². The highest BCUT2D eigenvalue weighted by molar-refractivity contribution is 6.30. The average molecular weight is 403 g/mol. The number of carbonyl (C=O) groups excluding carboxylic acids is 2. The SMILES string of the molecule is C[C@H]1C[NH+](CC(=O)Nc2ccccc2C(=O)Nc2ccc(Cl)cc2)C[C@H](C)O1. The lowest BCUT2D eigenvalue weighted by Gasteiger charge is -2.31. The molecule has 0 radical (unpaired) electrons. The molecule has 28 heavy (non-hydrogen) atoms. The summed E-state index contributed by atoms with van der Waals surface area (Å²) in [5.41, 5.74) is 1.54. The van der Waals surface area contributed by atoms with E-state index >= 15 is 0 Å². The summed E-state index contributed by atoms with van der Waals surface area (Å²) < 4.78 is 5.72. The number of para-hydroxylation sites is 1. The zero-order valence-electron chi connectivity index (χ0n) is 16.0. The molecule has 2 amide bonds. The highest BCUT2D eigenvalue weighted by atomic mass is 35.5. The van der Waals surface area contributed by atoms with Gasteiger partial charge in [-0.05, 0) is 50.2 Å². The Morgan fingerprint density at radius 2 is 1.68 bits per heavy atom. The second-order valence-corrected chi connectivity index (χ2v) is 7.58. The molecule has 148 valence electrons. The lowest BCUT2D eigenvalue weighted by Crippen LogP contribution is -3.16. The predicted molar refractivity (Wildman–Crippen MR) is 110 cm³/mol. The van der Waals surface area contributed by atoms with Gasteiger partial charge in [0.05, 0.1) is 11.3 Å². The third kappa shape index (κ3) is 5.55. The van der Waals surface area contributed by atoms with E-state index in [-0.39, 0.29) is 24.0 Å². The Labute approximate surface area is 169 Å². The lowest BCUT2D eigenvalue weighted by molar-refractivity contribution is -0.907. The summed E-state index contributed by atoms with van der Waals surface area (Å²) in [6.45, 7) is 5.95. The van der Waals surface area contributed by atoms with E-state index in [0.29, 0.717) is 28.5 Å². The summed E-state index contributed by atoms with van der Waals surface area (Å²) >= 11 is 5.88. The second-order valence-electron chi connectivity index (χ2n) is 7.15. The van der Waals surface area contributed by atoms with Gasteiger partial charge in [0, 0.05) is 10.7 Å². The minimum absolute atomic E-state index is 0.122. The van der Waals surface area contributed by atoms with E-state index in [2.05, 4.69) is 10.6 Å². The van der Waals surface area contributed by atoms with Crippen molar-refractivity contribution >= 4 is 34.8 Å². The van der Waals surface area contributed by atoms with Crippen molar-refractivity contribution in [3.8, 4) is 0 Å². The van der Waals surface area contributed by atoms with Crippen LogP contribution in [-0.2, 0) is 9.53 Å². The number of halogens is 1. The molecule has 1 aliphatic rings. The molecule has 1 fully saturated rings. The molecule has 1 heterocycles. The number of ether oxygens (including phenoxy) is 1. The summed E-state index contributed by atoms with van der Waals surface area (Å²) in [5.74, 6) is -0.415. The molecular formula is C21H25ClN3O3+. The van der Waals surface area contributed by atoms with E-state index in [0.717, 1.165) is 13.1 Å². The second kappa shape index (κ2) is 9.19. The number of carbonyl (C=O) groups is 2. The van der Waals surface area contributed by atoms with E-state index in [1.165, 1.54) is 4.90 Å². The van der Waals surface area contributed by atoms with Crippen LogP contribution in [0.25, 0.3) is 0 Å². The third-order valence-corrected chi connectivity index (χ3v) is 4.83. The molecule has 0 bridgehead atoms. The fourth-order valence-electron chi connectivity index (χ4n) is 3.48. The lowest BCUT2D eigenvalue weighted by atomic mass is 10.1. The van der Waals surface area contributed by atoms with Gasteiger partial charge in [0.1, 0.15) is 25.3 Å². The number of amides is 2. The number of rotatable bonds is 5. The van der Waals surface area contributed by atoms with Crippen LogP contribution in [0, 0.1) is 0 Å². The van der Waals surface area contributed by atoms with Gasteiger partial charge in [-0.3, -0.25) is 9.59 Å². The Morgan fingerprint density at radius 3 is 2.36 bits per heavy atom. The Bertz CT molecular complexity index is 831. The van der Waals surface area contributed by atoms with Crippen LogP contribution in [0.4, 0.5) is 11.4 Å². The van der Waals surface area contributed by atoms with E-state index in [9.17, 15) is 9.59 Å². The molecular weight excluding hydrogens is 378 g/mol. The van der Waals surface area contributed by atoms with Crippen molar-refractivity contribution in [1.29, 1.82) is 0 Å². The summed E-state index contributed by atoms with van der Waals surface area (Å²) in [5, 5.41) is 6.30. The van der Waals surface area contributed by atoms with Crippen molar-refractivity contribution in [2.45, 2.75) is 26.1 Å². The minimum Gasteiger partial charge on any atom is -0.364 e. The molecule has 1 aliphatic heterocycles. The molecule has 0 unspecified atom stereocenters. The maximum Gasteiger partial charge on any atom is 0.279 e. The number of anilines is 2. The van der Waals surface area contributed by atoms with Crippen molar-refractivity contribution in [3.05, 3.63) is 59.1 Å². The predicted octanol–water partition coefficient (Wildman–Crippen LogP) is 2.22. The first-order valence-electron chi connectivity index (χ1n) is 9.35. The summed E-state index contributed by atoms with van der Waals surface area (Å²) in [7, 11) is 0. The van der Waals surface area contributed by atoms with Crippen molar-refractivity contribution < 1.29 is 19.2 Å². The van der Waals surface area contributed by atoms with Crippen molar-refractivity contribution in [3.63, 3.8) is 0 Å². The molecule has 2 aromatic rings. The molecule has 2 atom stereocenters. The van der Waals surface area contributed by atoms with Gasteiger partial charge in [-0.25, -0.2) is 0 Å². The van der Waals surface area contributed by atoms with Crippen LogP contribution in [-0.4, -0.2) is 43.7 Å². The molecule has 0 aromatic heterocycles. The number of quaternary nitrogens is 1. The smallest absolute Gasteiger partial charge is 0.279 e. The molecule has 3 N–H and O–H groups in total. The van der Waals surface area contributed by atoms with Gasteiger partial charge >= 0.3 is 0 Å². The fraction of sp³-hybridized carbons (Fsp3) is 0.333. The van der Waals surface area contributed by atoms with E-state index in [4.69, 9.17) is 16.3 Å². The topological polar surface area (TPSA) is 71.9 Å². The molecule has 6 nitrogen and oxygen atoms in total. The van der Waals surface area contributed by atoms with Crippen LogP contribution in [0.5, 0.6) is 0 Å².